The molecule has 154 valence electrons. The first-order chi connectivity index (χ1) is 13.0. The summed E-state index contributed by atoms with van der Waals surface area (Å²) in [5.74, 6) is 2.62. The molecule has 0 bridgehead atoms. The Hall–Kier alpha value is -2.03. The van der Waals surface area contributed by atoms with Gasteiger partial charge in [-0.05, 0) is 38.5 Å². The minimum Gasteiger partial charge on any atom is -0.489 e. The fraction of sp³-hybridized carbons (Fsp3) is 0.429. The van der Waals surface area contributed by atoms with E-state index in [1.807, 2.05) is 50.2 Å². The first-order valence-corrected chi connectivity index (χ1v) is 9.37. The number of aromatic nitrogens is 1. The van der Waals surface area contributed by atoms with Gasteiger partial charge in [0.25, 0.3) is 0 Å². The highest BCUT2D eigenvalue weighted by Gasteiger charge is 2.08. The van der Waals surface area contributed by atoms with Gasteiger partial charge in [0.2, 0.25) is 0 Å². The van der Waals surface area contributed by atoms with E-state index in [1.165, 1.54) is 0 Å². The number of aryl methyl sites for hydroxylation is 1. The zero-order valence-electron chi connectivity index (χ0n) is 17.4. The van der Waals surface area contributed by atoms with Crippen LogP contribution in [0.2, 0.25) is 0 Å². The van der Waals surface area contributed by atoms with E-state index in [4.69, 9.17) is 9.73 Å². The molecular formula is C21H32IN5O. The second-order valence-electron chi connectivity index (χ2n) is 6.65. The third-order valence-corrected chi connectivity index (χ3v) is 4.02. The van der Waals surface area contributed by atoms with Crippen LogP contribution >= 0.6 is 24.0 Å². The summed E-state index contributed by atoms with van der Waals surface area (Å²) in [6, 6.07) is 12.1. The van der Waals surface area contributed by atoms with E-state index in [9.17, 15) is 0 Å². The number of pyridine rings is 1. The van der Waals surface area contributed by atoms with Crippen LogP contribution in [0.15, 0.2) is 47.6 Å². The molecule has 0 saturated heterocycles. The predicted molar refractivity (Wildman–Crippen MR) is 128 cm³/mol. The Bertz CT molecular complexity index is 751. The topological polar surface area (TPSA) is 61.8 Å². The van der Waals surface area contributed by atoms with E-state index >= 15 is 0 Å². The van der Waals surface area contributed by atoms with E-state index in [0.29, 0.717) is 13.1 Å². The number of rotatable bonds is 8. The summed E-state index contributed by atoms with van der Waals surface area (Å²) in [6.07, 6.45) is 1.82. The Morgan fingerprint density at radius 3 is 2.61 bits per heavy atom. The number of nitrogens with zero attached hydrogens (tertiary/aromatic N) is 3. The standard InChI is InChI=1S/C21H31N5O.HI/c1-6-22-21(25-15-18-11-9-13-23-20(18)26(4)5)24-14-17(3)27-19-12-8-7-10-16(19)2;/h7-13,17H,6,14-15H2,1-5H3,(H2,22,24,25);1H. The SMILES string of the molecule is CCNC(=NCc1cccnc1N(C)C)NCC(C)Oc1ccccc1C.I. The molecule has 0 fully saturated rings. The van der Waals surface area contributed by atoms with Crippen LogP contribution in [0.4, 0.5) is 5.82 Å². The number of hydrogen-bond donors (Lipinski definition) is 2. The Balaban J connectivity index is 0.00000392. The molecule has 0 aliphatic rings. The summed E-state index contributed by atoms with van der Waals surface area (Å²) in [6.45, 7) is 8.18. The maximum Gasteiger partial charge on any atom is 0.191 e. The summed E-state index contributed by atoms with van der Waals surface area (Å²) < 4.78 is 6.03. The molecule has 0 amide bonds. The largest absolute Gasteiger partial charge is 0.489 e. The summed E-state index contributed by atoms with van der Waals surface area (Å²) in [5.41, 5.74) is 2.22. The molecule has 0 spiro atoms. The lowest BCUT2D eigenvalue weighted by Crippen LogP contribution is -2.41. The van der Waals surface area contributed by atoms with E-state index in [-0.39, 0.29) is 30.1 Å². The smallest absolute Gasteiger partial charge is 0.191 e. The number of halogens is 1. The van der Waals surface area contributed by atoms with Crippen LogP contribution in [0.25, 0.3) is 0 Å². The normalized spacial score (nSPS) is 12.0. The minimum absolute atomic E-state index is 0. The van der Waals surface area contributed by atoms with Crippen LogP contribution < -0.4 is 20.3 Å². The molecule has 1 unspecified atom stereocenters. The van der Waals surface area contributed by atoms with Crippen LogP contribution in [0, 0.1) is 6.92 Å². The van der Waals surface area contributed by atoms with Gasteiger partial charge in [0.05, 0.1) is 13.1 Å². The first kappa shape index (κ1) is 24.0. The van der Waals surface area contributed by atoms with Crippen LogP contribution in [0.5, 0.6) is 5.75 Å². The van der Waals surface area contributed by atoms with Gasteiger partial charge in [-0.2, -0.15) is 0 Å². The van der Waals surface area contributed by atoms with Gasteiger partial charge in [-0.25, -0.2) is 9.98 Å². The Morgan fingerprint density at radius 1 is 1.18 bits per heavy atom. The van der Waals surface area contributed by atoms with Gasteiger partial charge in [-0.1, -0.05) is 24.3 Å². The fourth-order valence-corrected chi connectivity index (χ4v) is 2.65. The zero-order valence-corrected chi connectivity index (χ0v) is 19.7. The molecule has 1 heterocycles. The number of para-hydroxylation sites is 1. The quantitative estimate of drug-likeness (QED) is 0.332. The molecular weight excluding hydrogens is 465 g/mol. The highest BCUT2D eigenvalue weighted by atomic mass is 127. The number of nitrogens with one attached hydrogen (secondary N) is 2. The predicted octanol–water partition coefficient (Wildman–Crippen LogP) is 3.60. The number of anilines is 1. The molecule has 2 aromatic rings. The average Bonchev–Trinajstić information content (AvgIpc) is 2.66. The number of hydrogen-bond acceptors (Lipinski definition) is 4. The monoisotopic (exact) mass is 497 g/mol. The van der Waals surface area contributed by atoms with Gasteiger partial charge in [0, 0.05) is 32.4 Å². The molecule has 1 aromatic carbocycles. The van der Waals surface area contributed by atoms with E-state index in [0.717, 1.165) is 35.2 Å². The van der Waals surface area contributed by atoms with Crippen LogP contribution in [-0.2, 0) is 6.54 Å². The van der Waals surface area contributed by atoms with Crippen molar-refractivity contribution in [3.63, 3.8) is 0 Å². The molecule has 28 heavy (non-hydrogen) atoms. The van der Waals surface area contributed by atoms with Crippen molar-refractivity contribution in [3.8, 4) is 5.75 Å². The molecule has 6 nitrogen and oxygen atoms in total. The highest BCUT2D eigenvalue weighted by molar-refractivity contribution is 14.0. The van der Waals surface area contributed by atoms with E-state index < -0.39 is 0 Å². The van der Waals surface area contributed by atoms with Crippen molar-refractivity contribution in [2.45, 2.75) is 33.4 Å². The summed E-state index contributed by atoms with van der Waals surface area (Å²) in [4.78, 5) is 11.1. The third kappa shape index (κ3) is 7.53. The van der Waals surface area contributed by atoms with Crippen molar-refractivity contribution in [1.29, 1.82) is 0 Å². The number of guanidine groups is 1. The highest BCUT2D eigenvalue weighted by Crippen LogP contribution is 2.17. The van der Waals surface area contributed by atoms with Crippen molar-refractivity contribution in [3.05, 3.63) is 53.7 Å². The molecule has 0 saturated carbocycles. The van der Waals surface area contributed by atoms with Gasteiger partial charge in [0.1, 0.15) is 17.7 Å². The van der Waals surface area contributed by atoms with Crippen LogP contribution in [0.3, 0.4) is 0 Å². The maximum absolute atomic E-state index is 6.03. The van der Waals surface area contributed by atoms with E-state index in [1.54, 1.807) is 6.20 Å². The lowest BCUT2D eigenvalue weighted by Gasteiger charge is -2.19. The molecule has 2 rings (SSSR count). The summed E-state index contributed by atoms with van der Waals surface area (Å²) in [5, 5.41) is 6.64. The molecule has 2 N–H and O–H groups in total. The van der Waals surface area contributed by atoms with Gasteiger partial charge in [-0.15, -0.1) is 24.0 Å². The number of benzene rings is 1. The van der Waals surface area contributed by atoms with Crippen molar-refractivity contribution in [2.75, 3.05) is 32.1 Å². The van der Waals surface area contributed by atoms with Crippen LogP contribution in [-0.4, -0.2) is 44.2 Å². The van der Waals surface area contributed by atoms with Crippen molar-refractivity contribution >= 4 is 35.8 Å². The summed E-state index contributed by atoms with van der Waals surface area (Å²) in [7, 11) is 3.98. The lowest BCUT2D eigenvalue weighted by molar-refractivity contribution is 0.222. The van der Waals surface area contributed by atoms with Gasteiger partial charge < -0.3 is 20.3 Å². The third-order valence-electron chi connectivity index (χ3n) is 4.02. The Labute approximate surface area is 185 Å². The fourth-order valence-electron chi connectivity index (χ4n) is 2.65. The van der Waals surface area contributed by atoms with Gasteiger partial charge in [0.15, 0.2) is 5.96 Å². The van der Waals surface area contributed by atoms with Crippen LogP contribution in [0.1, 0.15) is 25.0 Å². The zero-order chi connectivity index (χ0) is 19.6. The molecule has 7 heteroatoms. The lowest BCUT2D eigenvalue weighted by atomic mass is 10.2. The Morgan fingerprint density at radius 2 is 1.93 bits per heavy atom. The molecule has 1 atom stereocenters. The molecule has 0 aliphatic heterocycles. The molecule has 1 aromatic heterocycles. The minimum atomic E-state index is 0. The van der Waals surface area contributed by atoms with Crippen molar-refractivity contribution in [2.24, 2.45) is 4.99 Å². The summed E-state index contributed by atoms with van der Waals surface area (Å²) >= 11 is 0. The van der Waals surface area contributed by atoms with Crippen molar-refractivity contribution in [1.82, 2.24) is 15.6 Å². The average molecular weight is 497 g/mol. The maximum atomic E-state index is 6.03. The van der Waals surface area contributed by atoms with E-state index in [2.05, 4.69) is 41.6 Å². The van der Waals surface area contributed by atoms with Gasteiger partial charge >= 0.3 is 0 Å². The molecule has 0 radical (unpaired) electrons. The Kier molecular flexibility index (Phi) is 10.7. The second kappa shape index (κ2) is 12.4. The number of ether oxygens (including phenoxy) is 1. The molecule has 0 aliphatic carbocycles. The second-order valence-corrected chi connectivity index (χ2v) is 6.65. The first-order valence-electron chi connectivity index (χ1n) is 9.37. The van der Waals surface area contributed by atoms with Gasteiger partial charge in [-0.3, -0.25) is 0 Å². The number of aliphatic imine (C=N–C) groups is 1. The van der Waals surface area contributed by atoms with Crippen molar-refractivity contribution < 1.29 is 4.74 Å².